The van der Waals surface area contributed by atoms with Gasteiger partial charge in [-0.2, -0.15) is 13.2 Å². The molecule has 3 aromatic carbocycles. The lowest BCUT2D eigenvalue weighted by Gasteiger charge is -2.17. The summed E-state index contributed by atoms with van der Waals surface area (Å²) in [4.78, 5) is 25.1. The van der Waals surface area contributed by atoms with Crippen LogP contribution in [0, 0.1) is 0 Å². The average Bonchev–Trinajstić information content (AvgIpc) is 3.15. The van der Waals surface area contributed by atoms with Gasteiger partial charge in [0.05, 0.1) is 18.7 Å². The molecule has 0 atom stereocenters. The maximum atomic E-state index is 12.9. The van der Waals surface area contributed by atoms with Crippen molar-refractivity contribution >= 4 is 17.6 Å². The van der Waals surface area contributed by atoms with Gasteiger partial charge >= 0.3 is 12.1 Å². The van der Waals surface area contributed by atoms with Crippen LogP contribution in [-0.2, 0) is 30.4 Å². The van der Waals surface area contributed by atoms with Crippen molar-refractivity contribution in [3.05, 3.63) is 94.5 Å². The van der Waals surface area contributed by atoms with E-state index in [0.717, 1.165) is 23.3 Å². The lowest BCUT2D eigenvalue weighted by atomic mass is 10.0. The summed E-state index contributed by atoms with van der Waals surface area (Å²) in [5.41, 5.74) is 2.74. The van der Waals surface area contributed by atoms with Gasteiger partial charge in [0.1, 0.15) is 5.75 Å². The van der Waals surface area contributed by atoms with Crippen LogP contribution in [0.2, 0.25) is 0 Å². The minimum Gasteiger partial charge on any atom is -0.493 e. The highest BCUT2D eigenvalue weighted by atomic mass is 19.4. The number of alkyl halides is 3. The van der Waals surface area contributed by atoms with Gasteiger partial charge in [0.15, 0.2) is 0 Å². The molecule has 0 bridgehead atoms. The maximum Gasteiger partial charge on any atom is 0.416 e. The minimum atomic E-state index is -4.44. The number of hydrogen-bond acceptors (Lipinski definition) is 3. The Balaban J connectivity index is 1.42. The summed E-state index contributed by atoms with van der Waals surface area (Å²) in [6, 6.07) is 17.4. The zero-order valence-corrected chi connectivity index (χ0v) is 18.1. The second-order valence-corrected chi connectivity index (χ2v) is 8.03. The number of amides is 1. The Morgan fingerprint density at radius 1 is 0.971 bits per heavy atom. The molecule has 176 valence electrons. The van der Waals surface area contributed by atoms with Crippen molar-refractivity contribution in [2.45, 2.75) is 32.0 Å². The Labute approximate surface area is 194 Å². The van der Waals surface area contributed by atoms with Crippen molar-refractivity contribution in [1.29, 1.82) is 0 Å². The number of rotatable bonds is 8. The molecule has 0 spiro atoms. The Morgan fingerprint density at radius 3 is 2.32 bits per heavy atom. The number of fused-ring (bicyclic) bond motifs is 1. The van der Waals surface area contributed by atoms with E-state index in [9.17, 15) is 22.8 Å². The fraction of sp³-hybridized carbons (Fsp3) is 0.231. The third-order valence-electron chi connectivity index (χ3n) is 5.70. The number of carbonyl (C=O) groups excluding carboxylic acids is 1. The molecule has 5 nitrogen and oxygen atoms in total. The number of benzene rings is 3. The molecule has 1 amide bonds. The van der Waals surface area contributed by atoms with E-state index in [2.05, 4.69) is 0 Å². The lowest BCUT2D eigenvalue weighted by molar-refractivity contribution is -0.138. The molecule has 0 unspecified atom stereocenters. The molecule has 1 heterocycles. The zero-order valence-electron chi connectivity index (χ0n) is 18.1. The van der Waals surface area contributed by atoms with Gasteiger partial charge in [0.25, 0.3) is 5.91 Å². The van der Waals surface area contributed by atoms with Gasteiger partial charge in [-0.1, -0.05) is 30.3 Å². The highest BCUT2D eigenvalue weighted by molar-refractivity contribution is 6.10. The van der Waals surface area contributed by atoms with E-state index in [0.29, 0.717) is 42.0 Å². The summed E-state index contributed by atoms with van der Waals surface area (Å²) in [6.45, 7) is 0.563. The van der Waals surface area contributed by atoms with Crippen LogP contribution < -0.4 is 9.64 Å². The van der Waals surface area contributed by atoms with Crippen molar-refractivity contribution in [1.82, 2.24) is 0 Å². The third-order valence-corrected chi connectivity index (χ3v) is 5.70. The fourth-order valence-corrected chi connectivity index (χ4v) is 3.95. The summed E-state index contributed by atoms with van der Waals surface area (Å²) < 4.78 is 44.5. The average molecular weight is 469 g/mol. The molecule has 1 N–H and O–H groups in total. The first-order valence-corrected chi connectivity index (χ1v) is 10.8. The molecule has 0 saturated heterocycles. The predicted octanol–water partition coefficient (Wildman–Crippen LogP) is 5.50. The standard InChI is InChI=1S/C26H22F3NO4/c27-26(28,29)19-8-10-20(11-9-19)30-16-22-21(25(30)33)5-2-6-23(22)34-14-13-18-4-1-3-17(15-18)7-12-24(31)32/h1-6,8-11,15H,7,12-14,16H2,(H,31,32). The fourth-order valence-electron chi connectivity index (χ4n) is 3.95. The minimum absolute atomic E-state index is 0.0690. The molecule has 3 aromatic rings. The van der Waals surface area contributed by atoms with Gasteiger partial charge in [-0.25, -0.2) is 0 Å². The van der Waals surface area contributed by atoms with Crippen LogP contribution in [0.15, 0.2) is 66.7 Å². The molecular formula is C26H22F3NO4. The molecule has 1 aliphatic heterocycles. The molecule has 0 saturated carbocycles. The van der Waals surface area contributed by atoms with E-state index < -0.39 is 17.7 Å². The number of carboxylic acid groups (broad SMARTS) is 1. The predicted molar refractivity (Wildman–Crippen MR) is 120 cm³/mol. The number of ether oxygens (including phenoxy) is 1. The van der Waals surface area contributed by atoms with Gasteiger partial charge in [-0.15, -0.1) is 0 Å². The van der Waals surface area contributed by atoms with Crippen LogP contribution in [0.25, 0.3) is 0 Å². The Kier molecular flexibility index (Phi) is 6.58. The number of aliphatic carboxylic acids is 1. The molecule has 0 aromatic heterocycles. The molecular weight excluding hydrogens is 447 g/mol. The quantitative estimate of drug-likeness (QED) is 0.473. The van der Waals surface area contributed by atoms with E-state index in [-0.39, 0.29) is 18.9 Å². The molecule has 34 heavy (non-hydrogen) atoms. The summed E-state index contributed by atoms with van der Waals surface area (Å²) in [5, 5.41) is 8.85. The van der Waals surface area contributed by atoms with E-state index >= 15 is 0 Å². The third kappa shape index (κ3) is 5.22. The second-order valence-electron chi connectivity index (χ2n) is 8.03. The Morgan fingerprint density at radius 2 is 1.65 bits per heavy atom. The first-order chi connectivity index (χ1) is 16.2. The van der Waals surface area contributed by atoms with Crippen LogP contribution in [0.1, 0.15) is 39.0 Å². The van der Waals surface area contributed by atoms with E-state index in [1.807, 2.05) is 24.3 Å². The number of carboxylic acids is 1. The first kappa shape index (κ1) is 23.4. The summed E-state index contributed by atoms with van der Waals surface area (Å²) in [5.74, 6) is -0.569. The first-order valence-electron chi connectivity index (χ1n) is 10.8. The molecule has 1 aliphatic rings. The molecule has 0 fully saturated rings. The Hall–Kier alpha value is -3.81. The van der Waals surface area contributed by atoms with Crippen LogP contribution in [0.4, 0.5) is 18.9 Å². The van der Waals surface area contributed by atoms with Gasteiger partial charge in [0.2, 0.25) is 0 Å². The van der Waals surface area contributed by atoms with Crippen molar-refractivity contribution in [3.8, 4) is 5.75 Å². The van der Waals surface area contributed by atoms with Crippen LogP contribution in [-0.4, -0.2) is 23.6 Å². The van der Waals surface area contributed by atoms with Gasteiger partial charge in [-0.05, 0) is 53.9 Å². The smallest absolute Gasteiger partial charge is 0.416 e. The van der Waals surface area contributed by atoms with Crippen LogP contribution in [0.3, 0.4) is 0 Å². The number of nitrogens with zero attached hydrogens (tertiary/aromatic N) is 1. The number of hydrogen-bond donors (Lipinski definition) is 1. The summed E-state index contributed by atoms with van der Waals surface area (Å²) >= 11 is 0. The van der Waals surface area contributed by atoms with E-state index in [1.54, 1.807) is 18.2 Å². The molecule has 4 rings (SSSR count). The Bertz CT molecular complexity index is 1210. The number of carbonyl (C=O) groups is 2. The highest BCUT2D eigenvalue weighted by Gasteiger charge is 2.33. The molecule has 0 radical (unpaired) electrons. The molecule has 8 heteroatoms. The SMILES string of the molecule is O=C(O)CCc1cccc(CCOc2cccc3c2CN(c2ccc(C(F)(F)F)cc2)C3=O)c1. The highest BCUT2D eigenvalue weighted by Crippen LogP contribution is 2.36. The van der Waals surface area contributed by atoms with Crippen molar-refractivity contribution in [3.63, 3.8) is 0 Å². The lowest BCUT2D eigenvalue weighted by Crippen LogP contribution is -2.23. The largest absolute Gasteiger partial charge is 0.493 e. The van der Waals surface area contributed by atoms with Crippen molar-refractivity contribution in [2.75, 3.05) is 11.5 Å². The molecule has 0 aliphatic carbocycles. The summed E-state index contributed by atoms with van der Waals surface area (Å²) in [6.07, 6.45) is -3.31. The normalized spacial score (nSPS) is 13.1. The zero-order chi connectivity index (χ0) is 24.3. The van der Waals surface area contributed by atoms with Crippen molar-refractivity contribution < 1.29 is 32.6 Å². The van der Waals surface area contributed by atoms with Crippen molar-refractivity contribution in [2.24, 2.45) is 0 Å². The van der Waals surface area contributed by atoms with Crippen LogP contribution in [0.5, 0.6) is 5.75 Å². The van der Waals surface area contributed by atoms with Crippen LogP contribution >= 0.6 is 0 Å². The summed E-state index contributed by atoms with van der Waals surface area (Å²) in [7, 11) is 0. The topological polar surface area (TPSA) is 66.8 Å². The number of aryl methyl sites for hydroxylation is 1. The van der Waals surface area contributed by atoms with Gasteiger partial charge < -0.3 is 14.7 Å². The number of anilines is 1. The second kappa shape index (κ2) is 9.59. The monoisotopic (exact) mass is 469 g/mol. The van der Waals surface area contributed by atoms with Gasteiger partial charge in [0, 0.05) is 29.7 Å². The number of halogens is 3. The van der Waals surface area contributed by atoms with E-state index in [4.69, 9.17) is 9.84 Å². The maximum absolute atomic E-state index is 12.9. The van der Waals surface area contributed by atoms with Gasteiger partial charge in [-0.3, -0.25) is 9.59 Å². The van der Waals surface area contributed by atoms with E-state index in [1.165, 1.54) is 17.0 Å².